The van der Waals surface area contributed by atoms with E-state index in [1.165, 1.54) is 11.1 Å². The highest BCUT2D eigenvalue weighted by molar-refractivity contribution is 9.10. The number of thiocarbonyl (C=S) groups is 1. The van der Waals surface area contributed by atoms with Crippen LogP contribution >= 0.6 is 28.1 Å². The molecule has 0 heterocycles. The SMILES string of the molecule is COc1ccc(Br)cc1CCNC(=S)NC(c1ccccc1)c1ccccc1. The van der Waals surface area contributed by atoms with E-state index in [-0.39, 0.29) is 6.04 Å². The van der Waals surface area contributed by atoms with E-state index in [0.29, 0.717) is 5.11 Å². The molecule has 0 aliphatic rings. The molecule has 0 amide bonds. The Morgan fingerprint density at radius 1 is 0.964 bits per heavy atom. The number of hydrogen-bond donors (Lipinski definition) is 2. The third-order valence-corrected chi connectivity index (χ3v) is 5.22. The van der Waals surface area contributed by atoms with E-state index in [9.17, 15) is 0 Å². The Hall–Kier alpha value is -2.37. The summed E-state index contributed by atoms with van der Waals surface area (Å²) in [4.78, 5) is 0. The maximum atomic E-state index is 5.57. The van der Waals surface area contributed by atoms with Crippen molar-refractivity contribution in [2.75, 3.05) is 13.7 Å². The van der Waals surface area contributed by atoms with Crippen molar-refractivity contribution in [1.82, 2.24) is 10.6 Å². The monoisotopic (exact) mass is 454 g/mol. The molecule has 0 saturated carbocycles. The van der Waals surface area contributed by atoms with E-state index in [1.807, 2.05) is 48.5 Å². The molecule has 3 nitrogen and oxygen atoms in total. The van der Waals surface area contributed by atoms with E-state index >= 15 is 0 Å². The van der Waals surface area contributed by atoms with Crippen molar-refractivity contribution in [2.45, 2.75) is 12.5 Å². The molecule has 144 valence electrons. The zero-order valence-electron chi connectivity index (χ0n) is 15.7. The Balaban J connectivity index is 1.64. The van der Waals surface area contributed by atoms with E-state index in [0.717, 1.165) is 28.8 Å². The average Bonchev–Trinajstić information content (AvgIpc) is 2.73. The normalized spacial score (nSPS) is 10.5. The predicted molar refractivity (Wildman–Crippen MR) is 123 cm³/mol. The number of rotatable bonds is 7. The zero-order chi connectivity index (χ0) is 19.8. The van der Waals surface area contributed by atoms with Crippen LogP contribution in [0.5, 0.6) is 5.75 Å². The van der Waals surface area contributed by atoms with Gasteiger partial charge in [-0.2, -0.15) is 0 Å². The zero-order valence-corrected chi connectivity index (χ0v) is 18.1. The Morgan fingerprint density at radius 3 is 2.14 bits per heavy atom. The van der Waals surface area contributed by atoms with Gasteiger partial charge in [-0.1, -0.05) is 76.6 Å². The van der Waals surface area contributed by atoms with E-state index in [1.54, 1.807) is 7.11 Å². The lowest BCUT2D eigenvalue weighted by Crippen LogP contribution is -2.39. The molecule has 0 bridgehead atoms. The number of ether oxygens (including phenoxy) is 1. The molecule has 0 atom stereocenters. The van der Waals surface area contributed by atoms with Crippen LogP contribution in [0.15, 0.2) is 83.3 Å². The number of benzene rings is 3. The highest BCUT2D eigenvalue weighted by atomic mass is 79.9. The van der Waals surface area contributed by atoms with Gasteiger partial charge in [-0.15, -0.1) is 0 Å². The van der Waals surface area contributed by atoms with Gasteiger partial charge in [-0.05, 0) is 53.5 Å². The van der Waals surface area contributed by atoms with Crippen LogP contribution < -0.4 is 15.4 Å². The first-order valence-corrected chi connectivity index (χ1v) is 10.3. The molecule has 5 heteroatoms. The van der Waals surface area contributed by atoms with Gasteiger partial charge >= 0.3 is 0 Å². The lowest BCUT2D eigenvalue weighted by Gasteiger charge is -2.22. The second kappa shape index (κ2) is 10.2. The fourth-order valence-electron chi connectivity index (χ4n) is 3.09. The van der Waals surface area contributed by atoms with Crippen LogP contribution in [-0.4, -0.2) is 18.8 Å². The summed E-state index contributed by atoms with van der Waals surface area (Å²) < 4.78 is 6.48. The van der Waals surface area contributed by atoms with Gasteiger partial charge in [-0.25, -0.2) is 0 Å². The summed E-state index contributed by atoms with van der Waals surface area (Å²) in [6.07, 6.45) is 0.811. The van der Waals surface area contributed by atoms with Gasteiger partial charge in [0.2, 0.25) is 0 Å². The number of nitrogens with one attached hydrogen (secondary N) is 2. The smallest absolute Gasteiger partial charge is 0.167 e. The van der Waals surface area contributed by atoms with Crippen LogP contribution in [0, 0.1) is 0 Å². The molecule has 0 spiro atoms. The average molecular weight is 455 g/mol. The van der Waals surface area contributed by atoms with Gasteiger partial charge in [0.15, 0.2) is 5.11 Å². The van der Waals surface area contributed by atoms with Crippen LogP contribution in [0.25, 0.3) is 0 Å². The predicted octanol–water partition coefficient (Wildman–Crippen LogP) is 5.25. The summed E-state index contributed by atoms with van der Waals surface area (Å²) in [5, 5.41) is 7.41. The summed E-state index contributed by atoms with van der Waals surface area (Å²) in [5.74, 6) is 0.885. The maximum Gasteiger partial charge on any atom is 0.167 e. The van der Waals surface area contributed by atoms with Gasteiger partial charge in [0.25, 0.3) is 0 Å². The van der Waals surface area contributed by atoms with Gasteiger partial charge < -0.3 is 15.4 Å². The molecule has 3 aromatic rings. The summed E-state index contributed by atoms with van der Waals surface area (Å²) in [6, 6.07) is 26.7. The number of halogens is 1. The van der Waals surface area contributed by atoms with Crippen molar-refractivity contribution in [2.24, 2.45) is 0 Å². The summed E-state index contributed by atoms with van der Waals surface area (Å²) in [7, 11) is 1.69. The molecule has 3 aromatic carbocycles. The standard InChI is InChI=1S/C23H23BrN2OS/c1-27-21-13-12-20(24)16-19(21)14-15-25-23(28)26-22(17-8-4-2-5-9-17)18-10-6-3-7-11-18/h2-13,16,22H,14-15H2,1H3,(H2,25,26,28). The Morgan fingerprint density at radius 2 is 1.57 bits per heavy atom. The third-order valence-electron chi connectivity index (χ3n) is 4.46. The number of hydrogen-bond acceptors (Lipinski definition) is 2. The summed E-state index contributed by atoms with van der Waals surface area (Å²) >= 11 is 9.09. The molecule has 0 radical (unpaired) electrons. The van der Waals surface area contributed by atoms with Gasteiger partial charge in [0.1, 0.15) is 5.75 Å². The first kappa shape index (κ1) is 20.4. The van der Waals surface area contributed by atoms with E-state index < -0.39 is 0 Å². The molecule has 0 aliphatic carbocycles. The lowest BCUT2D eigenvalue weighted by molar-refractivity contribution is 0.409. The van der Waals surface area contributed by atoms with Crippen LogP contribution in [-0.2, 0) is 6.42 Å². The van der Waals surface area contributed by atoms with E-state index in [2.05, 4.69) is 56.9 Å². The van der Waals surface area contributed by atoms with Gasteiger partial charge in [0, 0.05) is 11.0 Å². The first-order chi connectivity index (χ1) is 13.7. The molecule has 2 N–H and O–H groups in total. The number of methoxy groups -OCH3 is 1. The molecule has 0 fully saturated rings. The first-order valence-electron chi connectivity index (χ1n) is 9.14. The van der Waals surface area contributed by atoms with Crippen LogP contribution in [0.4, 0.5) is 0 Å². The molecule has 0 aromatic heterocycles. The van der Waals surface area contributed by atoms with Crippen LogP contribution in [0.1, 0.15) is 22.7 Å². The lowest BCUT2D eigenvalue weighted by atomic mass is 9.99. The van der Waals surface area contributed by atoms with E-state index in [4.69, 9.17) is 17.0 Å². The largest absolute Gasteiger partial charge is 0.496 e. The molecule has 0 unspecified atom stereocenters. The minimum atomic E-state index is 0.00260. The van der Waals surface area contributed by atoms with Gasteiger partial charge in [0.05, 0.1) is 13.2 Å². The fourth-order valence-corrected chi connectivity index (χ4v) is 3.71. The van der Waals surface area contributed by atoms with Crippen molar-refractivity contribution in [1.29, 1.82) is 0 Å². The van der Waals surface area contributed by atoms with Crippen molar-refractivity contribution in [3.8, 4) is 5.75 Å². The molecular formula is C23H23BrN2OS. The third kappa shape index (κ3) is 5.57. The van der Waals surface area contributed by atoms with Crippen LogP contribution in [0.3, 0.4) is 0 Å². The van der Waals surface area contributed by atoms with Crippen molar-refractivity contribution in [3.05, 3.63) is 100 Å². The molecule has 3 rings (SSSR count). The fraction of sp³-hybridized carbons (Fsp3) is 0.174. The summed E-state index contributed by atoms with van der Waals surface area (Å²) in [6.45, 7) is 0.717. The second-order valence-corrected chi connectivity index (χ2v) is 7.68. The molecule has 0 aliphatic heterocycles. The highest BCUT2D eigenvalue weighted by Crippen LogP contribution is 2.23. The highest BCUT2D eigenvalue weighted by Gasteiger charge is 2.14. The topological polar surface area (TPSA) is 33.3 Å². The minimum absolute atomic E-state index is 0.00260. The maximum absolute atomic E-state index is 5.57. The minimum Gasteiger partial charge on any atom is -0.496 e. The summed E-state index contributed by atoms with van der Waals surface area (Å²) in [5.41, 5.74) is 3.48. The molecule has 0 saturated heterocycles. The van der Waals surface area contributed by atoms with Crippen molar-refractivity contribution < 1.29 is 4.74 Å². The van der Waals surface area contributed by atoms with Crippen LogP contribution in [0.2, 0.25) is 0 Å². The Labute approximate surface area is 180 Å². The molecular weight excluding hydrogens is 432 g/mol. The molecule has 28 heavy (non-hydrogen) atoms. The van der Waals surface area contributed by atoms with Gasteiger partial charge in [-0.3, -0.25) is 0 Å². The van der Waals surface area contributed by atoms with Crippen molar-refractivity contribution >= 4 is 33.3 Å². The Bertz CT molecular complexity index is 863. The van der Waals surface area contributed by atoms with Crippen molar-refractivity contribution in [3.63, 3.8) is 0 Å². The quantitative estimate of drug-likeness (QED) is 0.477. The second-order valence-electron chi connectivity index (χ2n) is 6.36. The Kier molecular flexibility index (Phi) is 7.46.